The molecule has 27 heavy (non-hydrogen) atoms. The number of benzene rings is 2. The first-order valence-electron chi connectivity index (χ1n) is 8.12. The quantitative estimate of drug-likeness (QED) is 0.522. The fraction of sp³-hybridized carbons (Fsp3) is 0.211. The SMILES string of the molecule is CC(C)(C)C(=O)NC(=S)Nc1ccc2oc(-c3ccc(Cl)cc3Cl)nc2c1. The topological polar surface area (TPSA) is 67.2 Å². The fourth-order valence-electron chi connectivity index (χ4n) is 2.24. The zero-order valence-electron chi connectivity index (χ0n) is 14.9. The van der Waals surface area contributed by atoms with Crippen LogP contribution >= 0.6 is 35.4 Å². The van der Waals surface area contributed by atoms with Crippen LogP contribution in [0.4, 0.5) is 5.69 Å². The van der Waals surface area contributed by atoms with Gasteiger partial charge < -0.3 is 15.1 Å². The summed E-state index contributed by atoms with van der Waals surface area (Å²) in [4.78, 5) is 16.5. The van der Waals surface area contributed by atoms with E-state index in [1.807, 2.05) is 20.8 Å². The molecule has 5 nitrogen and oxygen atoms in total. The number of nitrogens with zero attached hydrogens (tertiary/aromatic N) is 1. The van der Waals surface area contributed by atoms with Crippen molar-refractivity contribution in [3.8, 4) is 11.5 Å². The molecule has 0 aliphatic heterocycles. The van der Waals surface area contributed by atoms with E-state index in [4.69, 9.17) is 39.8 Å². The van der Waals surface area contributed by atoms with Gasteiger partial charge in [-0.15, -0.1) is 0 Å². The van der Waals surface area contributed by atoms with Crippen molar-refractivity contribution >= 4 is 63.2 Å². The molecule has 0 saturated heterocycles. The van der Waals surface area contributed by atoms with Crippen LogP contribution in [0.15, 0.2) is 40.8 Å². The molecule has 3 aromatic rings. The van der Waals surface area contributed by atoms with Gasteiger partial charge in [-0.05, 0) is 48.6 Å². The molecule has 0 saturated carbocycles. The number of anilines is 1. The summed E-state index contributed by atoms with van der Waals surface area (Å²) in [5.41, 5.74) is 2.04. The van der Waals surface area contributed by atoms with Crippen molar-refractivity contribution in [2.75, 3.05) is 5.32 Å². The van der Waals surface area contributed by atoms with Crippen LogP contribution in [0.1, 0.15) is 20.8 Å². The van der Waals surface area contributed by atoms with Crippen LogP contribution in [-0.4, -0.2) is 16.0 Å². The summed E-state index contributed by atoms with van der Waals surface area (Å²) < 4.78 is 5.78. The van der Waals surface area contributed by atoms with Gasteiger partial charge in [-0.2, -0.15) is 0 Å². The fourth-order valence-corrected chi connectivity index (χ4v) is 2.94. The van der Waals surface area contributed by atoms with Gasteiger partial charge in [0.25, 0.3) is 0 Å². The number of amides is 1. The molecule has 0 bridgehead atoms. The van der Waals surface area contributed by atoms with Crippen LogP contribution in [0.5, 0.6) is 0 Å². The highest BCUT2D eigenvalue weighted by molar-refractivity contribution is 7.80. The van der Waals surface area contributed by atoms with Crippen molar-refractivity contribution in [3.05, 3.63) is 46.4 Å². The lowest BCUT2D eigenvalue weighted by Gasteiger charge is -2.18. The second kappa shape index (κ2) is 7.46. The summed E-state index contributed by atoms with van der Waals surface area (Å²) in [6, 6.07) is 10.5. The van der Waals surface area contributed by atoms with Gasteiger partial charge in [0.05, 0.1) is 10.6 Å². The summed E-state index contributed by atoms with van der Waals surface area (Å²) >= 11 is 17.4. The summed E-state index contributed by atoms with van der Waals surface area (Å²) in [7, 11) is 0. The van der Waals surface area contributed by atoms with E-state index in [0.717, 1.165) is 0 Å². The average molecular weight is 422 g/mol. The Hall–Kier alpha value is -2.15. The van der Waals surface area contributed by atoms with E-state index in [1.165, 1.54) is 0 Å². The molecule has 0 spiro atoms. The number of hydrogen-bond acceptors (Lipinski definition) is 4. The molecule has 0 atom stereocenters. The standard InChI is InChI=1S/C19H17Cl2N3O2S/c1-19(2,3)17(25)24-18(27)22-11-5-7-15-14(9-11)23-16(26-15)12-6-4-10(20)8-13(12)21/h4-9H,1-3H3,(H2,22,24,25,27). The van der Waals surface area contributed by atoms with Crippen molar-refractivity contribution in [2.24, 2.45) is 5.41 Å². The molecule has 0 unspecified atom stereocenters. The molecule has 0 aliphatic carbocycles. The van der Waals surface area contributed by atoms with Gasteiger partial charge in [0.2, 0.25) is 11.8 Å². The highest BCUT2D eigenvalue weighted by Gasteiger charge is 2.22. The van der Waals surface area contributed by atoms with Gasteiger partial charge in [-0.25, -0.2) is 4.98 Å². The van der Waals surface area contributed by atoms with E-state index in [0.29, 0.717) is 38.3 Å². The Morgan fingerprint density at radius 3 is 2.56 bits per heavy atom. The van der Waals surface area contributed by atoms with Gasteiger partial charge in [0.15, 0.2) is 10.7 Å². The van der Waals surface area contributed by atoms with Crippen LogP contribution < -0.4 is 10.6 Å². The van der Waals surface area contributed by atoms with Crippen LogP contribution in [0, 0.1) is 5.41 Å². The first kappa shape index (κ1) is 19.6. The van der Waals surface area contributed by atoms with E-state index < -0.39 is 5.41 Å². The minimum atomic E-state index is -0.533. The van der Waals surface area contributed by atoms with Crippen molar-refractivity contribution in [2.45, 2.75) is 20.8 Å². The summed E-state index contributed by atoms with van der Waals surface area (Å²) in [5, 5.41) is 6.86. The number of hydrogen-bond donors (Lipinski definition) is 2. The molecule has 2 aromatic carbocycles. The molecular weight excluding hydrogens is 405 g/mol. The monoisotopic (exact) mass is 421 g/mol. The molecule has 140 valence electrons. The molecule has 8 heteroatoms. The molecular formula is C19H17Cl2N3O2S. The first-order chi connectivity index (χ1) is 12.6. The molecule has 1 heterocycles. The van der Waals surface area contributed by atoms with E-state index in [2.05, 4.69) is 15.6 Å². The van der Waals surface area contributed by atoms with Crippen LogP contribution in [0.25, 0.3) is 22.6 Å². The Labute approximate surface area is 172 Å². The molecule has 0 aliphatic rings. The normalized spacial score (nSPS) is 11.4. The smallest absolute Gasteiger partial charge is 0.231 e. The van der Waals surface area contributed by atoms with E-state index in [9.17, 15) is 4.79 Å². The lowest BCUT2D eigenvalue weighted by Crippen LogP contribution is -2.41. The number of rotatable bonds is 2. The Morgan fingerprint density at radius 2 is 1.89 bits per heavy atom. The van der Waals surface area contributed by atoms with Gasteiger partial charge in [-0.3, -0.25) is 4.79 Å². The van der Waals surface area contributed by atoms with Gasteiger partial charge in [0.1, 0.15) is 5.52 Å². The molecule has 3 rings (SSSR count). The average Bonchev–Trinajstić information content (AvgIpc) is 2.96. The van der Waals surface area contributed by atoms with Gasteiger partial charge in [-0.1, -0.05) is 44.0 Å². The molecule has 1 amide bonds. The predicted octanol–water partition coefficient (Wildman–Crippen LogP) is 5.66. The molecule has 0 fully saturated rings. The summed E-state index contributed by atoms with van der Waals surface area (Å²) in [6.07, 6.45) is 0. The van der Waals surface area contributed by atoms with E-state index in [-0.39, 0.29) is 11.0 Å². The largest absolute Gasteiger partial charge is 0.436 e. The summed E-state index contributed by atoms with van der Waals surface area (Å²) in [6.45, 7) is 5.45. The zero-order chi connectivity index (χ0) is 19.8. The maximum absolute atomic E-state index is 12.0. The number of aromatic nitrogens is 1. The molecule has 1 aromatic heterocycles. The highest BCUT2D eigenvalue weighted by Crippen LogP contribution is 2.32. The Kier molecular flexibility index (Phi) is 5.42. The van der Waals surface area contributed by atoms with E-state index in [1.54, 1.807) is 36.4 Å². The van der Waals surface area contributed by atoms with Gasteiger partial charge in [0, 0.05) is 16.1 Å². The predicted molar refractivity (Wildman–Crippen MR) is 113 cm³/mol. The summed E-state index contributed by atoms with van der Waals surface area (Å²) in [5.74, 6) is 0.231. The van der Waals surface area contributed by atoms with Crippen LogP contribution in [0.3, 0.4) is 0 Å². The number of thiocarbonyl (C=S) groups is 1. The number of oxazole rings is 1. The lowest BCUT2D eigenvalue weighted by atomic mass is 9.96. The molecule has 2 N–H and O–H groups in total. The zero-order valence-corrected chi connectivity index (χ0v) is 17.2. The Balaban J connectivity index is 1.82. The van der Waals surface area contributed by atoms with Crippen molar-refractivity contribution in [1.29, 1.82) is 0 Å². The van der Waals surface area contributed by atoms with Crippen molar-refractivity contribution < 1.29 is 9.21 Å². The third-order valence-electron chi connectivity index (χ3n) is 3.72. The Bertz CT molecular complexity index is 1040. The minimum Gasteiger partial charge on any atom is -0.436 e. The van der Waals surface area contributed by atoms with Gasteiger partial charge >= 0.3 is 0 Å². The molecule has 0 radical (unpaired) electrons. The maximum Gasteiger partial charge on any atom is 0.231 e. The number of nitrogens with one attached hydrogen (secondary N) is 2. The number of carbonyl (C=O) groups excluding carboxylic acids is 1. The second-order valence-electron chi connectivity index (χ2n) is 6.98. The third kappa shape index (κ3) is 4.58. The lowest BCUT2D eigenvalue weighted by molar-refractivity contribution is -0.126. The maximum atomic E-state index is 12.0. The van der Waals surface area contributed by atoms with Crippen LogP contribution in [0.2, 0.25) is 10.0 Å². The second-order valence-corrected chi connectivity index (χ2v) is 8.24. The minimum absolute atomic E-state index is 0.165. The Morgan fingerprint density at radius 1 is 1.15 bits per heavy atom. The van der Waals surface area contributed by atoms with Crippen molar-refractivity contribution in [1.82, 2.24) is 10.3 Å². The van der Waals surface area contributed by atoms with Crippen molar-refractivity contribution in [3.63, 3.8) is 0 Å². The van der Waals surface area contributed by atoms with Crippen LogP contribution in [-0.2, 0) is 4.79 Å². The number of halogens is 2. The number of carbonyl (C=O) groups is 1. The highest BCUT2D eigenvalue weighted by atomic mass is 35.5. The first-order valence-corrected chi connectivity index (χ1v) is 9.28. The van der Waals surface area contributed by atoms with E-state index >= 15 is 0 Å². The third-order valence-corrected chi connectivity index (χ3v) is 4.47. The number of fused-ring (bicyclic) bond motifs is 1.